The fourth-order valence-corrected chi connectivity index (χ4v) is 1.71. The molecule has 1 atom stereocenters. The van der Waals surface area contributed by atoms with Gasteiger partial charge in [0, 0.05) is 12.1 Å². The van der Waals surface area contributed by atoms with Gasteiger partial charge in [-0.2, -0.15) is 0 Å². The van der Waals surface area contributed by atoms with E-state index in [-0.39, 0.29) is 6.61 Å². The average Bonchev–Trinajstić information content (AvgIpc) is 2.06. The maximum absolute atomic E-state index is 11.4. The van der Waals surface area contributed by atoms with Gasteiger partial charge in [0.05, 0.1) is 18.2 Å². The summed E-state index contributed by atoms with van der Waals surface area (Å²) in [4.78, 5) is 12.6. The van der Waals surface area contributed by atoms with Crippen molar-refractivity contribution in [2.75, 3.05) is 13.2 Å². The Morgan fingerprint density at radius 1 is 1.29 bits per heavy atom. The lowest BCUT2D eigenvalue weighted by Crippen LogP contribution is -2.60. The number of hydrogen-bond acceptors (Lipinski definition) is 3. The molecule has 0 saturated carbocycles. The molecule has 0 aromatic heterocycles. The van der Waals surface area contributed by atoms with E-state index in [0.29, 0.717) is 6.61 Å². The van der Waals surface area contributed by atoms with Gasteiger partial charge in [-0.25, -0.2) is 4.79 Å². The van der Waals surface area contributed by atoms with Crippen LogP contribution in [0.5, 0.6) is 0 Å². The van der Waals surface area contributed by atoms with E-state index in [9.17, 15) is 15.0 Å². The maximum Gasteiger partial charge on any atom is 0.408 e. The van der Waals surface area contributed by atoms with Crippen molar-refractivity contribution in [3.05, 3.63) is 0 Å². The van der Waals surface area contributed by atoms with E-state index in [1.54, 1.807) is 34.6 Å². The molecule has 17 heavy (non-hydrogen) atoms. The normalized spacial score (nSPS) is 14.5. The van der Waals surface area contributed by atoms with E-state index in [1.165, 1.54) is 4.90 Å². The van der Waals surface area contributed by atoms with Gasteiger partial charge in [0.1, 0.15) is 0 Å². The zero-order valence-electron chi connectivity index (χ0n) is 11.6. The smallest absolute Gasteiger partial charge is 0.408 e. The summed E-state index contributed by atoms with van der Waals surface area (Å²) in [5.74, 6) is 0. The first-order chi connectivity index (χ1) is 7.51. The molecule has 0 spiro atoms. The molecule has 102 valence electrons. The highest BCUT2D eigenvalue weighted by atomic mass is 16.5. The molecule has 1 amide bonds. The van der Waals surface area contributed by atoms with Crippen LogP contribution in [0.3, 0.4) is 0 Å². The zero-order valence-corrected chi connectivity index (χ0v) is 11.6. The van der Waals surface area contributed by atoms with E-state index >= 15 is 0 Å². The number of ether oxygens (including phenoxy) is 1. The van der Waals surface area contributed by atoms with Crippen molar-refractivity contribution >= 4 is 6.09 Å². The van der Waals surface area contributed by atoms with Gasteiger partial charge in [-0.3, -0.25) is 4.90 Å². The van der Waals surface area contributed by atoms with Crippen molar-refractivity contribution in [3.63, 3.8) is 0 Å². The molecular weight excluding hydrogens is 222 g/mol. The second-order valence-corrected chi connectivity index (χ2v) is 5.65. The number of amides is 1. The molecule has 0 unspecified atom stereocenters. The van der Waals surface area contributed by atoms with Gasteiger partial charge in [-0.05, 0) is 41.5 Å². The summed E-state index contributed by atoms with van der Waals surface area (Å²) in [6.07, 6.45) is -1.05. The SMILES string of the molecule is CCOC[C@@H](N(C(=O)O)C(C)(C)C)C(C)(C)O. The lowest BCUT2D eigenvalue weighted by atomic mass is 9.93. The molecule has 0 heterocycles. The topological polar surface area (TPSA) is 70.0 Å². The lowest BCUT2D eigenvalue weighted by molar-refractivity contribution is -0.0733. The Morgan fingerprint density at radius 2 is 1.76 bits per heavy atom. The largest absolute Gasteiger partial charge is 0.465 e. The van der Waals surface area contributed by atoms with Crippen molar-refractivity contribution in [1.29, 1.82) is 0 Å². The minimum atomic E-state index is -1.15. The van der Waals surface area contributed by atoms with Crippen LogP contribution in [0, 0.1) is 0 Å². The van der Waals surface area contributed by atoms with Crippen LogP contribution in [0.25, 0.3) is 0 Å². The molecule has 0 rings (SSSR count). The van der Waals surface area contributed by atoms with Crippen molar-refractivity contribution in [3.8, 4) is 0 Å². The molecule has 5 nitrogen and oxygen atoms in total. The monoisotopic (exact) mass is 247 g/mol. The first-order valence-corrected chi connectivity index (χ1v) is 5.84. The van der Waals surface area contributed by atoms with Crippen LogP contribution in [0.2, 0.25) is 0 Å². The maximum atomic E-state index is 11.4. The van der Waals surface area contributed by atoms with Crippen molar-refractivity contribution in [2.24, 2.45) is 0 Å². The van der Waals surface area contributed by atoms with Gasteiger partial charge in [0.2, 0.25) is 0 Å². The molecule has 0 aromatic rings. The molecular formula is C12H25NO4. The fraction of sp³-hybridized carbons (Fsp3) is 0.917. The third-order valence-electron chi connectivity index (χ3n) is 2.54. The standard InChI is InChI=1S/C12H25NO4/c1-7-17-8-9(12(5,6)16)13(10(14)15)11(2,3)4/h9,16H,7-8H2,1-6H3,(H,14,15)/t9-/m1/s1. The molecule has 5 heteroatoms. The molecule has 0 aromatic carbocycles. The van der Waals surface area contributed by atoms with E-state index < -0.39 is 23.3 Å². The second-order valence-electron chi connectivity index (χ2n) is 5.65. The Balaban J connectivity index is 5.16. The molecule has 0 saturated heterocycles. The highest BCUT2D eigenvalue weighted by Gasteiger charge is 2.41. The third-order valence-corrected chi connectivity index (χ3v) is 2.54. The van der Waals surface area contributed by atoms with E-state index in [0.717, 1.165) is 0 Å². The quantitative estimate of drug-likeness (QED) is 0.779. The third kappa shape index (κ3) is 4.91. The molecule has 2 N–H and O–H groups in total. The van der Waals surface area contributed by atoms with E-state index in [4.69, 9.17) is 4.74 Å². The number of aliphatic hydroxyl groups is 1. The second kappa shape index (κ2) is 5.69. The average molecular weight is 247 g/mol. The van der Waals surface area contributed by atoms with Crippen molar-refractivity contribution < 1.29 is 19.7 Å². The van der Waals surface area contributed by atoms with Gasteiger partial charge in [-0.15, -0.1) is 0 Å². The molecule has 0 fully saturated rings. The van der Waals surface area contributed by atoms with Crippen LogP contribution >= 0.6 is 0 Å². The predicted octanol–water partition coefficient (Wildman–Crippen LogP) is 1.94. The first kappa shape index (κ1) is 16.2. The van der Waals surface area contributed by atoms with Crippen LogP contribution in [0.1, 0.15) is 41.5 Å². The molecule has 0 aliphatic rings. The Labute approximate surface area is 103 Å². The molecule has 0 radical (unpaired) electrons. The molecule has 0 aliphatic heterocycles. The Bertz CT molecular complexity index is 252. The van der Waals surface area contributed by atoms with Crippen LogP contribution in [0.15, 0.2) is 0 Å². The van der Waals surface area contributed by atoms with Gasteiger partial charge in [0.25, 0.3) is 0 Å². The van der Waals surface area contributed by atoms with Gasteiger partial charge in [0.15, 0.2) is 0 Å². The van der Waals surface area contributed by atoms with Crippen molar-refractivity contribution in [1.82, 2.24) is 4.90 Å². The lowest BCUT2D eigenvalue weighted by Gasteiger charge is -2.44. The summed E-state index contributed by atoms with van der Waals surface area (Å²) < 4.78 is 5.28. The van der Waals surface area contributed by atoms with Crippen molar-refractivity contribution in [2.45, 2.75) is 58.7 Å². The summed E-state index contributed by atoms with van der Waals surface area (Å²) in [7, 11) is 0. The van der Waals surface area contributed by atoms with Crippen LogP contribution in [-0.2, 0) is 4.74 Å². The number of carboxylic acid groups (broad SMARTS) is 1. The van der Waals surface area contributed by atoms with Crippen LogP contribution in [-0.4, -0.2) is 51.6 Å². The van der Waals surface area contributed by atoms with Crippen LogP contribution < -0.4 is 0 Å². The fourth-order valence-electron chi connectivity index (χ4n) is 1.71. The molecule has 0 bridgehead atoms. The minimum absolute atomic E-state index is 0.184. The highest BCUT2D eigenvalue weighted by molar-refractivity contribution is 5.66. The summed E-state index contributed by atoms with van der Waals surface area (Å²) in [6.45, 7) is 11.1. The summed E-state index contributed by atoms with van der Waals surface area (Å²) in [5, 5.41) is 19.4. The highest BCUT2D eigenvalue weighted by Crippen LogP contribution is 2.24. The van der Waals surface area contributed by atoms with Gasteiger partial charge in [-0.1, -0.05) is 0 Å². The number of carbonyl (C=O) groups is 1. The van der Waals surface area contributed by atoms with E-state index in [1.807, 2.05) is 6.92 Å². The Morgan fingerprint density at radius 3 is 2.00 bits per heavy atom. The minimum Gasteiger partial charge on any atom is -0.465 e. The summed E-state index contributed by atoms with van der Waals surface area (Å²) >= 11 is 0. The Hall–Kier alpha value is -0.810. The predicted molar refractivity (Wildman–Crippen MR) is 66.2 cm³/mol. The number of nitrogens with zero attached hydrogens (tertiary/aromatic N) is 1. The number of rotatable bonds is 5. The van der Waals surface area contributed by atoms with Gasteiger partial charge >= 0.3 is 6.09 Å². The Kier molecular flexibility index (Phi) is 5.42. The first-order valence-electron chi connectivity index (χ1n) is 5.84. The summed E-state index contributed by atoms with van der Waals surface area (Å²) in [6, 6.07) is -0.597. The zero-order chi connectivity index (χ0) is 13.9. The summed E-state index contributed by atoms with van der Waals surface area (Å²) in [5.41, 5.74) is -1.74. The van der Waals surface area contributed by atoms with E-state index in [2.05, 4.69) is 0 Å². The van der Waals surface area contributed by atoms with Crippen LogP contribution in [0.4, 0.5) is 4.79 Å². The number of hydrogen-bond donors (Lipinski definition) is 2. The van der Waals surface area contributed by atoms with Gasteiger partial charge < -0.3 is 14.9 Å². The molecule has 0 aliphatic carbocycles.